The van der Waals surface area contributed by atoms with E-state index in [2.05, 4.69) is 4.98 Å². The van der Waals surface area contributed by atoms with Crippen molar-refractivity contribution in [1.82, 2.24) is 4.98 Å². The van der Waals surface area contributed by atoms with E-state index < -0.39 is 17.6 Å². The van der Waals surface area contributed by atoms with Gasteiger partial charge < -0.3 is 18.9 Å². The molecule has 30 heavy (non-hydrogen) atoms. The zero-order chi connectivity index (χ0) is 21.4. The number of esters is 2. The van der Waals surface area contributed by atoms with Crippen LogP contribution in [0, 0.1) is 13.8 Å². The number of H-pyrrole nitrogens is 1. The zero-order valence-corrected chi connectivity index (χ0v) is 17.2. The monoisotopic (exact) mass is 409 g/mol. The van der Waals surface area contributed by atoms with Gasteiger partial charge in [0.25, 0.3) is 0 Å². The van der Waals surface area contributed by atoms with Gasteiger partial charge in [0.15, 0.2) is 0 Å². The molecule has 7 nitrogen and oxygen atoms in total. The first kappa shape index (κ1) is 19.9. The summed E-state index contributed by atoms with van der Waals surface area (Å²) >= 11 is 0. The molecule has 0 saturated carbocycles. The lowest BCUT2D eigenvalue weighted by molar-refractivity contribution is 0.0466. The summed E-state index contributed by atoms with van der Waals surface area (Å²) in [6.45, 7) is 5.26. The molecule has 2 aromatic heterocycles. The van der Waals surface area contributed by atoms with Gasteiger partial charge in [0.05, 0.1) is 12.2 Å². The number of benzene rings is 1. The topological polar surface area (TPSA) is 98.6 Å². The van der Waals surface area contributed by atoms with Crippen molar-refractivity contribution >= 4 is 22.9 Å². The molecule has 0 fully saturated rings. The third kappa shape index (κ3) is 3.51. The quantitative estimate of drug-likeness (QED) is 0.509. The van der Waals surface area contributed by atoms with Crippen LogP contribution in [0.2, 0.25) is 0 Å². The Balaban J connectivity index is 1.61. The molecule has 1 N–H and O–H groups in total. The number of nitrogens with one attached hydrogen (secondary N) is 1. The second-order valence-corrected chi connectivity index (χ2v) is 7.48. The predicted octanol–water partition coefficient (Wildman–Crippen LogP) is 3.76. The largest absolute Gasteiger partial charge is 0.462 e. The maximum absolute atomic E-state index is 12.7. The highest BCUT2D eigenvalue weighted by molar-refractivity contribution is 5.98. The molecule has 4 rings (SSSR count). The molecule has 0 atom stereocenters. The Kier molecular flexibility index (Phi) is 5.20. The lowest BCUT2D eigenvalue weighted by Gasteiger charge is -2.09. The number of fused-ring (bicyclic) bond motifs is 2. The van der Waals surface area contributed by atoms with E-state index in [1.54, 1.807) is 20.8 Å². The molecule has 0 bridgehead atoms. The maximum Gasteiger partial charge on any atom is 0.355 e. The van der Waals surface area contributed by atoms with Crippen LogP contribution in [0.15, 0.2) is 27.4 Å². The number of aromatic amines is 1. The number of aryl methyl sites for hydroxylation is 3. The Morgan fingerprint density at radius 3 is 2.53 bits per heavy atom. The second-order valence-electron chi connectivity index (χ2n) is 7.48. The van der Waals surface area contributed by atoms with E-state index in [9.17, 15) is 14.4 Å². The van der Waals surface area contributed by atoms with Gasteiger partial charge in [-0.3, -0.25) is 0 Å². The van der Waals surface area contributed by atoms with Crippen LogP contribution in [0.4, 0.5) is 0 Å². The number of ether oxygens (including phenoxy) is 2. The highest BCUT2D eigenvalue weighted by atomic mass is 16.5. The van der Waals surface area contributed by atoms with Crippen LogP contribution in [0.3, 0.4) is 0 Å². The molecule has 7 heteroatoms. The maximum atomic E-state index is 12.7. The molecule has 0 unspecified atom stereocenters. The van der Waals surface area contributed by atoms with Gasteiger partial charge in [-0.15, -0.1) is 0 Å². The van der Waals surface area contributed by atoms with Gasteiger partial charge in [0, 0.05) is 22.7 Å². The molecule has 0 radical (unpaired) electrons. The van der Waals surface area contributed by atoms with Gasteiger partial charge in [-0.2, -0.15) is 0 Å². The van der Waals surface area contributed by atoms with Crippen LogP contribution < -0.4 is 5.63 Å². The van der Waals surface area contributed by atoms with Gasteiger partial charge in [0.1, 0.15) is 17.9 Å². The molecule has 0 aliphatic heterocycles. The molecule has 0 saturated heterocycles. The van der Waals surface area contributed by atoms with Crippen molar-refractivity contribution in [3.05, 3.63) is 67.8 Å². The van der Waals surface area contributed by atoms with E-state index in [-0.39, 0.29) is 18.9 Å². The van der Waals surface area contributed by atoms with Crippen molar-refractivity contribution in [2.45, 2.75) is 46.6 Å². The summed E-state index contributed by atoms with van der Waals surface area (Å²) in [4.78, 5) is 39.7. The van der Waals surface area contributed by atoms with Gasteiger partial charge in [-0.1, -0.05) is 0 Å². The fraction of sp³-hybridized carbons (Fsp3) is 0.348. The summed E-state index contributed by atoms with van der Waals surface area (Å²) in [5, 5.41) is 0.773. The highest BCUT2D eigenvalue weighted by Crippen LogP contribution is 2.29. The summed E-state index contributed by atoms with van der Waals surface area (Å²) in [7, 11) is 0. The van der Waals surface area contributed by atoms with Crippen molar-refractivity contribution in [2.24, 2.45) is 0 Å². The first-order valence-corrected chi connectivity index (χ1v) is 10.0. The molecular formula is C23H23NO6. The van der Waals surface area contributed by atoms with Crippen LogP contribution in [-0.2, 0) is 28.9 Å². The Morgan fingerprint density at radius 1 is 1.07 bits per heavy atom. The Hall–Kier alpha value is -3.35. The SMILES string of the molecule is CCOC(=O)c1c(C)[nH]c(C(=O)OCc2cc(=O)oc3cc4c(cc23)CCC4)c1C. The molecule has 2 heterocycles. The van der Waals surface area contributed by atoms with Gasteiger partial charge in [-0.25, -0.2) is 14.4 Å². The van der Waals surface area contributed by atoms with Crippen molar-refractivity contribution in [2.75, 3.05) is 6.61 Å². The summed E-state index contributed by atoms with van der Waals surface area (Å²) in [5.74, 6) is -1.09. The van der Waals surface area contributed by atoms with E-state index in [0.717, 1.165) is 24.6 Å². The highest BCUT2D eigenvalue weighted by Gasteiger charge is 2.24. The van der Waals surface area contributed by atoms with Crippen LogP contribution in [0.25, 0.3) is 11.0 Å². The molecule has 1 aliphatic carbocycles. The van der Waals surface area contributed by atoms with Crippen molar-refractivity contribution in [3.63, 3.8) is 0 Å². The van der Waals surface area contributed by atoms with Gasteiger partial charge >= 0.3 is 17.6 Å². The minimum atomic E-state index is -0.603. The molecule has 1 aromatic carbocycles. The standard InChI is InChI=1S/C23H23NO6/c1-4-28-22(26)20-12(2)21(24-13(20)3)23(27)29-11-16-10-19(25)30-18-9-15-7-5-6-14(15)8-17(16)18/h8-10,24H,4-7,11H2,1-3H3. The summed E-state index contributed by atoms with van der Waals surface area (Å²) < 4.78 is 15.9. The first-order chi connectivity index (χ1) is 14.4. The normalized spacial score (nSPS) is 12.8. The fourth-order valence-electron chi connectivity index (χ4n) is 4.09. The Bertz CT molecular complexity index is 1220. The average molecular weight is 409 g/mol. The second kappa shape index (κ2) is 7.82. The van der Waals surface area contributed by atoms with E-state index in [4.69, 9.17) is 13.9 Å². The predicted molar refractivity (Wildman–Crippen MR) is 110 cm³/mol. The number of rotatable bonds is 5. The van der Waals surface area contributed by atoms with Gasteiger partial charge in [-0.05, 0) is 68.9 Å². The van der Waals surface area contributed by atoms with Crippen LogP contribution in [-0.4, -0.2) is 23.5 Å². The van der Waals surface area contributed by atoms with E-state index >= 15 is 0 Å². The lowest BCUT2D eigenvalue weighted by Crippen LogP contribution is -2.10. The molecule has 156 valence electrons. The van der Waals surface area contributed by atoms with E-state index in [1.807, 2.05) is 12.1 Å². The number of hydrogen-bond acceptors (Lipinski definition) is 6. The Labute approximate surface area is 173 Å². The third-order valence-corrected chi connectivity index (χ3v) is 5.52. The van der Waals surface area contributed by atoms with Crippen LogP contribution >= 0.6 is 0 Å². The number of carbonyl (C=O) groups is 2. The molecule has 0 amide bonds. The molecular weight excluding hydrogens is 386 g/mol. The van der Waals surface area contributed by atoms with Crippen LogP contribution in [0.1, 0.15) is 62.1 Å². The van der Waals surface area contributed by atoms with Crippen molar-refractivity contribution < 1.29 is 23.5 Å². The summed E-state index contributed by atoms with van der Waals surface area (Å²) in [6, 6.07) is 5.29. The average Bonchev–Trinajstić information content (AvgIpc) is 3.27. The minimum absolute atomic E-state index is 0.0774. The molecule has 3 aromatic rings. The first-order valence-electron chi connectivity index (χ1n) is 10.0. The van der Waals surface area contributed by atoms with Crippen molar-refractivity contribution in [3.8, 4) is 0 Å². The fourth-order valence-corrected chi connectivity index (χ4v) is 4.09. The van der Waals surface area contributed by atoms with Gasteiger partial charge in [0.2, 0.25) is 0 Å². The van der Waals surface area contributed by atoms with E-state index in [1.165, 1.54) is 17.2 Å². The van der Waals surface area contributed by atoms with E-state index in [0.29, 0.717) is 28.0 Å². The third-order valence-electron chi connectivity index (χ3n) is 5.52. The van der Waals surface area contributed by atoms with Crippen LogP contribution in [0.5, 0.6) is 0 Å². The van der Waals surface area contributed by atoms with Crippen molar-refractivity contribution in [1.29, 1.82) is 0 Å². The molecule has 0 spiro atoms. The number of aromatic nitrogens is 1. The zero-order valence-electron chi connectivity index (χ0n) is 17.2. The smallest absolute Gasteiger partial charge is 0.355 e. The number of hydrogen-bond donors (Lipinski definition) is 1. The summed E-state index contributed by atoms with van der Waals surface area (Å²) in [5.41, 5.74) is 4.60. The number of carbonyl (C=O) groups excluding carboxylic acids is 2. The Morgan fingerprint density at radius 2 is 1.80 bits per heavy atom. The molecule has 1 aliphatic rings. The summed E-state index contributed by atoms with van der Waals surface area (Å²) in [6.07, 6.45) is 3.04. The minimum Gasteiger partial charge on any atom is -0.462 e. The lowest BCUT2D eigenvalue weighted by atomic mass is 10.0.